The van der Waals surface area contributed by atoms with E-state index in [4.69, 9.17) is 4.74 Å². The molecule has 158 valence electrons. The van der Waals surface area contributed by atoms with Crippen molar-refractivity contribution >= 4 is 22.4 Å². The average molecular weight is 434 g/mol. The van der Waals surface area contributed by atoms with Gasteiger partial charge in [0.2, 0.25) is 0 Å². The molecule has 3 aromatic rings. The van der Waals surface area contributed by atoms with E-state index in [1.807, 2.05) is 17.5 Å². The quantitative estimate of drug-likeness (QED) is 0.426. The van der Waals surface area contributed by atoms with E-state index in [0.717, 1.165) is 35.8 Å². The number of methoxy groups -OCH3 is 1. The minimum absolute atomic E-state index is 0.381. The normalized spacial score (nSPS) is 11.4. The summed E-state index contributed by atoms with van der Waals surface area (Å²) in [5.74, 6) is -0.381. The molecule has 0 atom stereocenters. The largest absolute Gasteiger partial charge is 0.465 e. The van der Waals surface area contributed by atoms with Crippen molar-refractivity contribution in [3.63, 3.8) is 0 Å². The zero-order valence-corrected chi connectivity index (χ0v) is 17.4. The third-order valence-electron chi connectivity index (χ3n) is 4.51. The van der Waals surface area contributed by atoms with Gasteiger partial charge in [0.1, 0.15) is 0 Å². The van der Waals surface area contributed by atoms with Crippen LogP contribution in [0.5, 0.6) is 0 Å². The molecular formula is C22H21F3N2O2S. The average Bonchev–Trinajstić information content (AvgIpc) is 3.23. The molecule has 0 saturated carbocycles. The molecule has 0 N–H and O–H groups in total. The van der Waals surface area contributed by atoms with E-state index in [2.05, 4.69) is 16.8 Å². The van der Waals surface area contributed by atoms with Gasteiger partial charge >= 0.3 is 12.1 Å². The van der Waals surface area contributed by atoms with Crippen molar-refractivity contribution in [3.8, 4) is 11.3 Å². The number of carbonyl (C=O) groups is 1. The van der Waals surface area contributed by atoms with Gasteiger partial charge in [-0.3, -0.25) is 0 Å². The highest BCUT2D eigenvalue weighted by Gasteiger charge is 2.30. The summed E-state index contributed by atoms with van der Waals surface area (Å²) in [6.45, 7) is 3.45. The monoisotopic (exact) mass is 434 g/mol. The van der Waals surface area contributed by atoms with Crippen LogP contribution in [0.15, 0.2) is 53.9 Å². The first-order valence-electron chi connectivity index (χ1n) is 9.37. The SMILES string of the molecule is CCCN(Cc1ccc(C(=O)OC)cc1)c1nc(-c2ccc(C(F)(F)F)cc2)cs1. The van der Waals surface area contributed by atoms with Crippen LogP contribution in [0, 0.1) is 0 Å². The van der Waals surface area contributed by atoms with Crippen LogP contribution >= 0.6 is 11.3 Å². The van der Waals surface area contributed by atoms with Gasteiger partial charge in [-0.2, -0.15) is 13.2 Å². The molecule has 8 heteroatoms. The third-order valence-corrected chi connectivity index (χ3v) is 5.41. The van der Waals surface area contributed by atoms with Gasteiger partial charge in [-0.1, -0.05) is 31.2 Å². The zero-order valence-electron chi connectivity index (χ0n) is 16.6. The molecule has 1 heterocycles. The summed E-state index contributed by atoms with van der Waals surface area (Å²) < 4.78 is 43.0. The fraction of sp³-hybridized carbons (Fsp3) is 0.273. The van der Waals surface area contributed by atoms with Gasteiger partial charge in [0.25, 0.3) is 0 Å². The van der Waals surface area contributed by atoms with Crippen molar-refractivity contribution < 1.29 is 22.7 Å². The summed E-state index contributed by atoms with van der Waals surface area (Å²) in [7, 11) is 1.34. The number of aromatic nitrogens is 1. The second-order valence-corrected chi connectivity index (χ2v) is 7.54. The number of alkyl halides is 3. The summed E-state index contributed by atoms with van der Waals surface area (Å²) >= 11 is 1.45. The Labute approximate surface area is 176 Å². The Balaban J connectivity index is 1.77. The van der Waals surface area contributed by atoms with Gasteiger partial charge in [-0.15, -0.1) is 11.3 Å². The fourth-order valence-corrected chi connectivity index (χ4v) is 3.83. The third kappa shape index (κ3) is 5.18. The van der Waals surface area contributed by atoms with E-state index in [1.54, 1.807) is 12.1 Å². The number of carbonyl (C=O) groups excluding carboxylic acids is 1. The van der Waals surface area contributed by atoms with E-state index in [1.165, 1.54) is 30.6 Å². The number of nitrogens with zero attached hydrogens (tertiary/aromatic N) is 2. The van der Waals surface area contributed by atoms with E-state index in [-0.39, 0.29) is 5.97 Å². The number of thiazole rings is 1. The Morgan fingerprint density at radius 2 is 1.77 bits per heavy atom. The van der Waals surface area contributed by atoms with Crippen molar-refractivity contribution in [1.29, 1.82) is 0 Å². The molecule has 0 amide bonds. The highest BCUT2D eigenvalue weighted by Crippen LogP contribution is 2.33. The number of benzene rings is 2. The molecule has 1 aromatic heterocycles. The highest BCUT2D eigenvalue weighted by molar-refractivity contribution is 7.14. The Kier molecular flexibility index (Phi) is 6.77. The van der Waals surface area contributed by atoms with Crippen LogP contribution in [0.2, 0.25) is 0 Å². The van der Waals surface area contributed by atoms with Crippen LogP contribution in [0.4, 0.5) is 18.3 Å². The summed E-state index contributed by atoms with van der Waals surface area (Å²) in [5.41, 5.74) is 2.12. The smallest absolute Gasteiger partial charge is 0.416 e. The molecule has 0 radical (unpaired) electrons. The maximum Gasteiger partial charge on any atom is 0.416 e. The lowest BCUT2D eigenvalue weighted by atomic mass is 10.1. The molecule has 0 spiro atoms. The van der Waals surface area contributed by atoms with E-state index < -0.39 is 11.7 Å². The van der Waals surface area contributed by atoms with E-state index in [9.17, 15) is 18.0 Å². The fourth-order valence-electron chi connectivity index (χ4n) is 2.97. The Morgan fingerprint density at radius 3 is 2.33 bits per heavy atom. The van der Waals surface area contributed by atoms with E-state index in [0.29, 0.717) is 23.4 Å². The van der Waals surface area contributed by atoms with Crippen molar-refractivity contribution in [2.75, 3.05) is 18.6 Å². The number of esters is 1. The molecule has 0 bridgehead atoms. The van der Waals surface area contributed by atoms with Crippen molar-refractivity contribution in [2.24, 2.45) is 0 Å². The summed E-state index contributed by atoms with van der Waals surface area (Å²) in [6.07, 6.45) is -3.44. The van der Waals surface area contributed by atoms with Gasteiger partial charge in [0.05, 0.1) is 23.9 Å². The molecule has 0 saturated heterocycles. The minimum Gasteiger partial charge on any atom is -0.465 e. The van der Waals surface area contributed by atoms with Gasteiger partial charge in [0, 0.05) is 24.0 Å². The molecule has 0 aliphatic rings. The van der Waals surface area contributed by atoms with Gasteiger partial charge < -0.3 is 9.64 Å². The predicted octanol–water partition coefficient (Wildman–Crippen LogP) is 6.03. The van der Waals surface area contributed by atoms with Crippen LogP contribution in [0.3, 0.4) is 0 Å². The Bertz CT molecular complexity index is 983. The van der Waals surface area contributed by atoms with Crippen molar-refractivity contribution in [2.45, 2.75) is 26.1 Å². The van der Waals surface area contributed by atoms with Crippen LogP contribution in [-0.2, 0) is 17.5 Å². The molecule has 0 unspecified atom stereocenters. The van der Waals surface area contributed by atoms with Crippen LogP contribution in [0.1, 0.15) is 34.8 Å². The number of halogens is 3. The molecule has 4 nitrogen and oxygen atoms in total. The topological polar surface area (TPSA) is 42.4 Å². The lowest BCUT2D eigenvalue weighted by molar-refractivity contribution is -0.137. The molecule has 3 rings (SSSR count). The standard InChI is InChI=1S/C22H21F3N2O2S/c1-3-12-27(13-15-4-6-17(7-5-15)20(28)29-2)21-26-19(14-30-21)16-8-10-18(11-9-16)22(23,24)25/h4-11,14H,3,12-13H2,1-2H3. The molecule has 0 aliphatic heterocycles. The maximum absolute atomic E-state index is 12.8. The first kappa shape index (κ1) is 21.8. The summed E-state index contributed by atoms with van der Waals surface area (Å²) in [5, 5.41) is 2.64. The first-order valence-corrected chi connectivity index (χ1v) is 10.2. The second-order valence-electron chi connectivity index (χ2n) is 6.70. The number of hydrogen-bond acceptors (Lipinski definition) is 5. The van der Waals surface area contributed by atoms with Crippen molar-refractivity contribution in [1.82, 2.24) is 4.98 Å². The molecule has 30 heavy (non-hydrogen) atoms. The zero-order chi connectivity index (χ0) is 21.7. The molecule has 0 aliphatic carbocycles. The lowest BCUT2D eigenvalue weighted by Crippen LogP contribution is -2.23. The van der Waals surface area contributed by atoms with Crippen LogP contribution in [0.25, 0.3) is 11.3 Å². The van der Waals surface area contributed by atoms with Crippen molar-refractivity contribution in [3.05, 3.63) is 70.6 Å². The van der Waals surface area contributed by atoms with E-state index >= 15 is 0 Å². The minimum atomic E-state index is -4.35. The first-order chi connectivity index (χ1) is 14.3. The number of hydrogen-bond donors (Lipinski definition) is 0. The molecule has 2 aromatic carbocycles. The van der Waals surface area contributed by atoms with Gasteiger partial charge in [0.15, 0.2) is 5.13 Å². The van der Waals surface area contributed by atoms with Gasteiger partial charge in [-0.25, -0.2) is 9.78 Å². The van der Waals surface area contributed by atoms with Crippen LogP contribution in [-0.4, -0.2) is 24.6 Å². The second kappa shape index (κ2) is 9.30. The predicted molar refractivity (Wildman–Crippen MR) is 112 cm³/mol. The molecular weight excluding hydrogens is 413 g/mol. The summed E-state index contributed by atoms with van der Waals surface area (Å²) in [6, 6.07) is 12.2. The van der Waals surface area contributed by atoms with Gasteiger partial charge in [-0.05, 0) is 36.2 Å². The Morgan fingerprint density at radius 1 is 1.10 bits per heavy atom. The Hall–Kier alpha value is -2.87. The number of rotatable bonds is 7. The number of ether oxygens (including phenoxy) is 1. The lowest BCUT2D eigenvalue weighted by Gasteiger charge is -2.21. The maximum atomic E-state index is 12.8. The highest BCUT2D eigenvalue weighted by atomic mass is 32.1. The van der Waals surface area contributed by atoms with Crippen LogP contribution < -0.4 is 4.90 Å². The molecule has 0 fully saturated rings. The number of anilines is 1. The summed E-state index contributed by atoms with van der Waals surface area (Å²) in [4.78, 5) is 18.3.